The number of carbonyl (C=O) groups excluding carboxylic acids is 1. The normalized spacial score (nSPS) is 14.7. The molecule has 9 nitrogen and oxygen atoms in total. The number of benzene rings is 2. The topological polar surface area (TPSA) is 139 Å². The van der Waals surface area contributed by atoms with Crippen LogP contribution in [0.1, 0.15) is 34.0 Å². The molecule has 0 radical (unpaired) electrons. The fourth-order valence-electron chi connectivity index (χ4n) is 3.59. The lowest BCUT2D eigenvalue weighted by Gasteiger charge is -2.22. The summed E-state index contributed by atoms with van der Waals surface area (Å²) >= 11 is -1.75. The number of hydrogen-bond acceptors (Lipinski definition) is 7. The van der Waals surface area contributed by atoms with Crippen LogP contribution in [0.25, 0.3) is 0 Å². The number of aliphatic carboxylic acids is 1. The lowest BCUT2D eigenvalue weighted by atomic mass is 10.1. The van der Waals surface area contributed by atoms with Crippen molar-refractivity contribution in [1.29, 1.82) is 0 Å². The van der Waals surface area contributed by atoms with Crippen LogP contribution in [0.3, 0.4) is 0 Å². The summed E-state index contributed by atoms with van der Waals surface area (Å²) in [6.45, 7) is 1.63. The SMILES string of the molecule is O=C(O)CC(c1cccnc1)[S+]([O-])c1ccccc1NC(=O)c1ccc(NC2=NCCCN2)cc1. The van der Waals surface area contributed by atoms with Gasteiger partial charge in [0.25, 0.3) is 5.91 Å². The fraction of sp³-hybridized carbons (Fsp3) is 0.200. The molecule has 0 bridgehead atoms. The van der Waals surface area contributed by atoms with Crippen LogP contribution in [0.15, 0.2) is 82.9 Å². The molecule has 0 spiro atoms. The van der Waals surface area contributed by atoms with Crippen LogP contribution >= 0.6 is 0 Å². The summed E-state index contributed by atoms with van der Waals surface area (Å²) in [7, 11) is 0. The molecule has 2 unspecified atom stereocenters. The number of aromatic nitrogens is 1. The van der Waals surface area contributed by atoms with E-state index in [9.17, 15) is 19.2 Å². The van der Waals surface area contributed by atoms with Crippen LogP contribution in [-0.2, 0) is 16.0 Å². The van der Waals surface area contributed by atoms with Gasteiger partial charge in [-0.05, 0) is 60.1 Å². The van der Waals surface area contributed by atoms with Gasteiger partial charge < -0.3 is 25.6 Å². The smallest absolute Gasteiger partial charge is 0.308 e. The number of anilines is 2. The molecule has 2 heterocycles. The van der Waals surface area contributed by atoms with Crippen LogP contribution in [0.4, 0.5) is 11.4 Å². The number of para-hydroxylation sites is 1. The molecular formula is C25H25N5O4S. The minimum Gasteiger partial charge on any atom is -0.611 e. The van der Waals surface area contributed by atoms with Gasteiger partial charge in [0.1, 0.15) is 0 Å². The molecule has 0 saturated carbocycles. The Morgan fingerprint density at radius 3 is 2.60 bits per heavy atom. The lowest BCUT2D eigenvalue weighted by molar-refractivity contribution is -0.137. The van der Waals surface area contributed by atoms with E-state index in [0.717, 1.165) is 25.2 Å². The van der Waals surface area contributed by atoms with Gasteiger partial charge in [0, 0.05) is 42.3 Å². The molecule has 4 rings (SSSR count). The van der Waals surface area contributed by atoms with E-state index in [1.807, 2.05) is 0 Å². The largest absolute Gasteiger partial charge is 0.611 e. The number of hydrogen-bond donors (Lipinski definition) is 4. The Bertz CT molecular complexity index is 1200. The number of carbonyl (C=O) groups is 2. The Morgan fingerprint density at radius 1 is 1.11 bits per heavy atom. The van der Waals surface area contributed by atoms with Crippen molar-refractivity contribution in [3.63, 3.8) is 0 Å². The van der Waals surface area contributed by atoms with Crippen molar-refractivity contribution in [2.45, 2.75) is 23.0 Å². The van der Waals surface area contributed by atoms with Gasteiger partial charge in [-0.15, -0.1) is 0 Å². The first-order valence-corrected chi connectivity index (χ1v) is 12.3. The van der Waals surface area contributed by atoms with E-state index < -0.39 is 22.4 Å². The van der Waals surface area contributed by atoms with Crippen molar-refractivity contribution in [1.82, 2.24) is 10.3 Å². The number of guanidine groups is 1. The van der Waals surface area contributed by atoms with Gasteiger partial charge in [0.05, 0.1) is 12.1 Å². The highest BCUT2D eigenvalue weighted by atomic mass is 32.2. The van der Waals surface area contributed by atoms with Crippen molar-refractivity contribution in [2.75, 3.05) is 23.7 Å². The summed E-state index contributed by atoms with van der Waals surface area (Å²) in [5.74, 6) is -0.739. The molecule has 2 atom stereocenters. The van der Waals surface area contributed by atoms with Gasteiger partial charge in [-0.2, -0.15) is 0 Å². The molecular weight excluding hydrogens is 466 g/mol. The van der Waals surface area contributed by atoms with Gasteiger partial charge >= 0.3 is 5.97 Å². The highest BCUT2D eigenvalue weighted by Gasteiger charge is 2.31. The zero-order chi connectivity index (χ0) is 24.6. The highest BCUT2D eigenvalue weighted by Crippen LogP contribution is 2.35. The second kappa shape index (κ2) is 11.5. The second-order valence-corrected chi connectivity index (χ2v) is 9.44. The van der Waals surface area contributed by atoms with E-state index in [2.05, 4.69) is 25.9 Å². The van der Waals surface area contributed by atoms with E-state index in [-0.39, 0.29) is 12.3 Å². The number of carboxylic acid groups (broad SMARTS) is 1. The summed E-state index contributed by atoms with van der Waals surface area (Å²) in [5.41, 5.74) is 2.13. The maximum atomic E-state index is 13.5. The third-order valence-electron chi connectivity index (χ3n) is 5.33. The molecule has 0 fully saturated rings. The van der Waals surface area contributed by atoms with Crippen LogP contribution in [0, 0.1) is 0 Å². The summed E-state index contributed by atoms with van der Waals surface area (Å²) in [5, 5.41) is 17.7. The number of rotatable bonds is 8. The summed E-state index contributed by atoms with van der Waals surface area (Å²) < 4.78 is 13.5. The number of pyridine rings is 1. The van der Waals surface area contributed by atoms with Gasteiger partial charge in [-0.25, -0.2) is 0 Å². The number of nitrogens with zero attached hydrogens (tertiary/aromatic N) is 2. The number of carboxylic acids is 1. The maximum absolute atomic E-state index is 13.5. The molecule has 10 heteroatoms. The van der Waals surface area contributed by atoms with Gasteiger partial charge in [-0.3, -0.25) is 19.6 Å². The van der Waals surface area contributed by atoms with Crippen LogP contribution in [0.2, 0.25) is 0 Å². The zero-order valence-electron chi connectivity index (χ0n) is 18.8. The minimum atomic E-state index is -1.75. The number of aliphatic imine (C=N–C) groups is 1. The van der Waals surface area contributed by atoms with Crippen molar-refractivity contribution in [3.8, 4) is 0 Å². The monoisotopic (exact) mass is 491 g/mol. The predicted octanol–water partition coefficient (Wildman–Crippen LogP) is 3.42. The minimum absolute atomic E-state index is 0.338. The summed E-state index contributed by atoms with van der Waals surface area (Å²) in [6, 6.07) is 17.0. The fourth-order valence-corrected chi connectivity index (χ4v) is 5.13. The highest BCUT2D eigenvalue weighted by molar-refractivity contribution is 7.91. The molecule has 4 N–H and O–H groups in total. The van der Waals surface area contributed by atoms with Crippen LogP contribution in [-0.4, -0.2) is 45.6 Å². The molecule has 1 aliphatic heterocycles. The quantitative estimate of drug-likeness (QED) is 0.354. The maximum Gasteiger partial charge on any atom is 0.308 e. The average Bonchev–Trinajstić information content (AvgIpc) is 2.88. The third kappa shape index (κ3) is 6.37. The molecule has 1 amide bonds. The molecule has 3 aromatic rings. The van der Waals surface area contributed by atoms with Gasteiger partial charge in [0.2, 0.25) is 0 Å². The standard InChI is InChI=1S/C25H25N5O4S/c31-23(32)15-22(18-5-3-12-26-16-18)35(34)21-7-2-1-6-20(21)30-24(33)17-8-10-19(11-9-17)29-25-27-13-4-14-28-25/h1-3,5-12,16,22H,4,13-15H2,(H,30,33)(H,31,32)(H2,27,28,29). The summed E-state index contributed by atoms with van der Waals surface area (Å²) in [6.07, 6.45) is 3.74. The number of amides is 1. The van der Waals surface area contributed by atoms with Crippen molar-refractivity contribution in [2.24, 2.45) is 4.99 Å². The molecule has 0 saturated heterocycles. The molecule has 2 aromatic carbocycles. The van der Waals surface area contributed by atoms with Gasteiger partial charge in [-0.1, -0.05) is 18.2 Å². The summed E-state index contributed by atoms with van der Waals surface area (Å²) in [4.78, 5) is 33.2. The van der Waals surface area contributed by atoms with E-state index in [1.165, 1.54) is 6.20 Å². The molecule has 0 aliphatic carbocycles. The molecule has 180 valence electrons. The first kappa shape index (κ1) is 24.2. The predicted molar refractivity (Wildman–Crippen MR) is 135 cm³/mol. The Labute approximate surface area is 205 Å². The Balaban J connectivity index is 1.51. The Morgan fingerprint density at radius 2 is 1.91 bits per heavy atom. The molecule has 35 heavy (non-hydrogen) atoms. The van der Waals surface area contributed by atoms with E-state index in [4.69, 9.17) is 0 Å². The van der Waals surface area contributed by atoms with Crippen LogP contribution < -0.4 is 16.0 Å². The van der Waals surface area contributed by atoms with E-state index in [1.54, 1.807) is 66.9 Å². The first-order chi connectivity index (χ1) is 17.0. The average molecular weight is 492 g/mol. The number of nitrogens with one attached hydrogen (secondary N) is 3. The third-order valence-corrected chi connectivity index (χ3v) is 7.08. The van der Waals surface area contributed by atoms with Crippen molar-refractivity contribution < 1.29 is 19.2 Å². The zero-order valence-corrected chi connectivity index (χ0v) is 19.6. The van der Waals surface area contributed by atoms with Crippen LogP contribution in [0.5, 0.6) is 0 Å². The Kier molecular flexibility index (Phi) is 7.96. The van der Waals surface area contributed by atoms with E-state index in [0.29, 0.717) is 27.7 Å². The van der Waals surface area contributed by atoms with E-state index >= 15 is 0 Å². The van der Waals surface area contributed by atoms with Crippen molar-refractivity contribution in [3.05, 3.63) is 84.2 Å². The first-order valence-electron chi connectivity index (χ1n) is 11.1. The Hall–Kier alpha value is -3.89. The van der Waals surface area contributed by atoms with Crippen molar-refractivity contribution >= 4 is 40.4 Å². The molecule has 1 aromatic heterocycles. The second-order valence-electron chi connectivity index (χ2n) is 7.83. The van der Waals surface area contributed by atoms with Gasteiger partial charge in [0.15, 0.2) is 16.1 Å². The molecule has 1 aliphatic rings. The lowest BCUT2D eigenvalue weighted by Crippen LogP contribution is -2.35.